The number of aromatic nitrogens is 1. The van der Waals surface area contributed by atoms with Crippen molar-refractivity contribution in [3.05, 3.63) is 54.2 Å². The predicted octanol–water partition coefficient (Wildman–Crippen LogP) is 3.29. The Hall–Kier alpha value is -2.51. The van der Waals surface area contributed by atoms with E-state index in [-0.39, 0.29) is 17.7 Å². The van der Waals surface area contributed by atoms with Gasteiger partial charge < -0.3 is 14.5 Å². The molecule has 0 radical (unpaired) electrons. The highest BCUT2D eigenvalue weighted by atomic mass is 32.2. The van der Waals surface area contributed by atoms with Crippen molar-refractivity contribution in [1.29, 1.82) is 0 Å². The molecule has 3 heterocycles. The molecule has 1 atom stereocenters. The average Bonchev–Trinajstić information content (AvgIpc) is 3.41. The molecule has 1 unspecified atom stereocenters. The monoisotopic (exact) mass is 384 g/mol. The van der Waals surface area contributed by atoms with Gasteiger partial charge in [0.05, 0.1) is 4.90 Å². The summed E-state index contributed by atoms with van der Waals surface area (Å²) in [6.07, 6.45) is 4.43. The van der Waals surface area contributed by atoms with Crippen molar-refractivity contribution in [2.24, 2.45) is 0 Å². The third-order valence-corrected chi connectivity index (χ3v) is 7.35. The van der Waals surface area contributed by atoms with Crippen molar-refractivity contribution < 1.29 is 17.9 Å². The van der Waals surface area contributed by atoms with Crippen molar-refractivity contribution >= 4 is 20.9 Å². The zero-order valence-electron chi connectivity index (χ0n) is 14.7. The van der Waals surface area contributed by atoms with Crippen LogP contribution in [0.15, 0.2) is 53.6 Å². The maximum absolute atomic E-state index is 13.3. The molecule has 1 aromatic heterocycles. The topological polar surface area (TPSA) is 71.6 Å². The number of aromatic amines is 1. The van der Waals surface area contributed by atoms with E-state index >= 15 is 0 Å². The van der Waals surface area contributed by atoms with Crippen LogP contribution in [0.4, 0.5) is 0 Å². The van der Waals surface area contributed by atoms with Crippen molar-refractivity contribution in [1.82, 2.24) is 9.29 Å². The Bertz CT molecular complexity index is 1110. The van der Waals surface area contributed by atoms with Crippen molar-refractivity contribution in [3.8, 4) is 11.5 Å². The van der Waals surface area contributed by atoms with Crippen molar-refractivity contribution in [2.45, 2.75) is 30.2 Å². The number of rotatable bonds is 4. The first-order valence-corrected chi connectivity index (χ1v) is 10.5. The maximum Gasteiger partial charge on any atom is 0.243 e. The average molecular weight is 384 g/mol. The fourth-order valence-corrected chi connectivity index (χ4v) is 5.77. The summed E-state index contributed by atoms with van der Waals surface area (Å²) in [6, 6.07) is 12.9. The number of nitrogens with zero attached hydrogens (tertiary/aromatic N) is 1. The molecule has 0 saturated carbocycles. The number of ether oxygens (including phenoxy) is 2. The van der Waals surface area contributed by atoms with Gasteiger partial charge >= 0.3 is 0 Å². The number of sulfonamides is 1. The smallest absolute Gasteiger partial charge is 0.243 e. The molecule has 7 heteroatoms. The van der Waals surface area contributed by atoms with Gasteiger partial charge in [0.2, 0.25) is 16.8 Å². The summed E-state index contributed by atoms with van der Waals surface area (Å²) < 4.78 is 38.8. The number of hydrogen-bond donors (Lipinski definition) is 1. The van der Waals surface area contributed by atoms with E-state index in [1.165, 1.54) is 0 Å². The van der Waals surface area contributed by atoms with Gasteiger partial charge in [0.15, 0.2) is 11.5 Å². The van der Waals surface area contributed by atoms with Gasteiger partial charge in [-0.25, -0.2) is 8.42 Å². The second kappa shape index (κ2) is 6.28. The number of fused-ring (bicyclic) bond motifs is 2. The fraction of sp³-hybridized carbons (Fsp3) is 0.300. The van der Waals surface area contributed by atoms with Gasteiger partial charge in [0.1, 0.15) is 0 Å². The highest BCUT2D eigenvalue weighted by molar-refractivity contribution is 7.89. The Morgan fingerprint density at radius 1 is 1.11 bits per heavy atom. The maximum atomic E-state index is 13.3. The first-order valence-electron chi connectivity index (χ1n) is 9.09. The van der Waals surface area contributed by atoms with Crippen LogP contribution in [0.1, 0.15) is 18.4 Å². The van der Waals surface area contributed by atoms with Crippen LogP contribution in [0, 0.1) is 0 Å². The Balaban J connectivity index is 1.45. The van der Waals surface area contributed by atoms with Crippen LogP contribution >= 0.6 is 0 Å². The molecule has 2 aliphatic heterocycles. The number of nitrogens with one attached hydrogen (secondary N) is 1. The van der Waals surface area contributed by atoms with Gasteiger partial charge in [-0.15, -0.1) is 0 Å². The van der Waals surface area contributed by atoms with E-state index in [0.717, 1.165) is 29.3 Å². The molecule has 1 fully saturated rings. The summed E-state index contributed by atoms with van der Waals surface area (Å²) in [5.74, 6) is 1.08. The number of benzene rings is 2. The highest BCUT2D eigenvalue weighted by Gasteiger charge is 2.36. The van der Waals surface area contributed by atoms with Crippen LogP contribution in [0.25, 0.3) is 10.9 Å². The molecule has 3 aromatic rings. The lowest BCUT2D eigenvalue weighted by Gasteiger charge is -2.24. The van der Waals surface area contributed by atoms with Gasteiger partial charge in [0.25, 0.3) is 0 Å². The molecule has 1 saturated heterocycles. The van der Waals surface area contributed by atoms with E-state index in [0.29, 0.717) is 24.5 Å². The summed E-state index contributed by atoms with van der Waals surface area (Å²) in [5.41, 5.74) is 2.24. The molecule has 0 spiro atoms. The lowest BCUT2D eigenvalue weighted by atomic mass is 10.0. The summed E-state index contributed by atoms with van der Waals surface area (Å²) in [4.78, 5) is 3.54. The summed E-state index contributed by atoms with van der Waals surface area (Å²) in [6.45, 7) is 0.676. The lowest BCUT2D eigenvalue weighted by molar-refractivity contribution is 0.174. The van der Waals surface area contributed by atoms with E-state index in [1.807, 2.05) is 24.4 Å². The zero-order valence-corrected chi connectivity index (χ0v) is 15.5. The van der Waals surface area contributed by atoms with Crippen LogP contribution in [0.2, 0.25) is 0 Å². The summed E-state index contributed by atoms with van der Waals surface area (Å²) >= 11 is 0. The van der Waals surface area contributed by atoms with Gasteiger partial charge in [0, 0.05) is 35.8 Å². The minimum atomic E-state index is -3.58. The second-order valence-electron chi connectivity index (χ2n) is 6.99. The van der Waals surface area contributed by atoms with Crippen LogP contribution < -0.4 is 9.47 Å². The minimum Gasteiger partial charge on any atom is -0.454 e. The molecule has 6 nitrogen and oxygen atoms in total. The number of H-pyrrole nitrogens is 1. The van der Waals surface area contributed by atoms with Gasteiger partial charge in [-0.2, -0.15) is 4.31 Å². The van der Waals surface area contributed by atoms with Crippen LogP contribution in [-0.2, 0) is 16.4 Å². The first-order chi connectivity index (χ1) is 13.1. The predicted molar refractivity (Wildman–Crippen MR) is 101 cm³/mol. The highest BCUT2D eigenvalue weighted by Crippen LogP contribution is 2.36. The van der Waals surface area contributed by atoms with E-state index in [9.17, 15) is 8.42 Å². The van der Waals surface area contributed by atoms with Gasteiger partial charge in [-0.1, -0.05) is 18.2 Å². The summed E-state index contributed by atoms with van der Waals surface area (Å²) in [5, 5.41) is 1.16. The zero-order chi connectivity index (χ0) is 18.4. The Labute approximate surface area is 157 Å². The third kappa shape index (κ3) is 2.78. The SMILES string of the molecule is O=S(=O)(c1ccc2c(c1)OCO2)N1CCCC1Cc1c[nH]c2ccccc12. The number of para-hydroxylation sites is 1. The molecule has 140 valence electrons. The van der Waals surface area contributed by atoms with E-state index < -0.39 is 10.0 Å². The van der Waals surface area contributed by atoms with Crippen molar-refractivity contribution in [3.63, 3.8) is 0 Å². The molecule has 1 N–H and O–H groups in total. The van der Waals surface area contributed by atoms with Crippen molar-refractivity contribution in [2.75, 3.05) is 13.3 Å². The van der Waals surface area contributed by atoms with E-state index in [2.05, 4.69) is 11.1 Å². The fourth-order valence-electron chi connectivity index (χ4n) is 4.06. The molecular formula is C20H20N2O4S. The molecule has 0 bridgehead atoms. The molecule has 5 rings (SSSR count). The van der Waals surface area contributed by atoms with Gasteiger partial charge in [-0.05, 0) is 43.0 Å². The molecule has 0 amide bonds. The molecule has 2 aromatic carbocycles. The molecule has 27 heavy (non-hydrogen) atoms. The first kappa shape index (κ1) is 16.6. The largest absolute Gasteiger partial charge is 0.454 e. The quantitative estimate of drug-likeness (QED) is 0.749. The van der Waals surface area contributed by atoms with E-state index in [1.54, 1.807) is 22.5 Å². The Morgan fingerprint density at radius 2 is 1.96 bits per heavy atom. The Morgan fingerprint density at radius 3 is 2.89 bits per heavy atom. The van der Waals surface area contributed by atoms with Crippen LogP contribution in [-0.4, -0.2) is 37.1 Å². The van der Waals surface area contributed by atoms with Gasteiger partial charge in [-0.3, -0.25) is 0 Å². The molecule has 0 aliphatic carbocycles. The summed E-state index contributed by atoms with van der Waals surface area (Å²) in [7, 11) is -3.58. The number of hydrogen-bond acceptors (Lipinski definition) is 4. The van der Waals surface area contributed by atoms with E-state index in [4.69, 9.17) is 9.47 Å². The normalized spacial score (nSPS) is 19.8. The van der Waals surface area contributed by atoms with Crippen LogP contribution in [0.3, 0.4) is 0 Å². The third-order valence-electron chi connectivity index (χ3n) is 5.40. The minimum absolute atomic E-state index is 0.0420. The standard InChI is InChI=1S/C20H20N2O4S/c23-27(24,16-7-8-19-20(11-16)26-13-25-19)22-9-3-4-15(22)10-14-12-21-18-6-2-1-5-17(14)18/h1-2,5-8,11-12,15,21H,3-4,9-10,13H2. The Kier molecular flexibility index (Phi) is 3.87. The second-order valence-corrected chi connectivity index (χ2v) is 8.88. The molecule has 2 aliphatic rings. The molecular weight excluding hydrogens is 364 g/mol. The lowest BCUT2D eigenvalue weighted by Crippen LogP contribution is -2.36. The van der Waals surface area contributed by atoms with Crippen LogP contribution in [0.5, 0.6) is 11.5 Å².